The van der Waals surface area contributed by atoms with Crippen LogP contribution < -0.4 is 10.2 Å². The van der Waals surface area contributed by atoms with Gasteiger partial charge in [0.25, 0.3) is 0 Å². The lowest BCUT2D eigenvalue weighted by atomic mass is 10.2. The predicted octanol–water partition coefficient (Wildman–Crippen LogP) is 2.88. The Labute approximate surface area is 155 Å². The fraction of sp³-hybridized carbons (Fsp3) is 0.211. The van der Waals surface area contributed by atoms with Gasteiger partial charge in [0.15, 0.2) is 0 Å². The minimum Gasteiger partial charge on any atom is -0.345 e. The number of rotatable bonds is 4. The highest BCUT2D eigenvalue weighted by molar-refractivity contribution is 8.00. The molecule has 1 aromatic heterocycles. The van der Waals surface area contributed by atoms with Crippen LogP contribution in [-0.2, 0) is 9.59 Å². The molecule has 1 aliphatic rings. The standard InChI is InChI=1S/C19H18N4O2S/c1-12(19-21-13-6-2-3-7-14(13)22-19)20-17(24)10-23-15-8-4-5-9-16(15)26-11-18(23)25/h2-9,12H,10-11H2,1H3,(H,20,24)(H,21,22)/t12-/m1/s1. The zero-order valence-corrected chi connectivity index (χ0v) is 15.0. The monoisotopic (exact) mass is 366 g/mol. The Bertz CT molecular complexity index is 951. The van der Waals surface area contributed by atoms with Crippen molar-refractivity contribution >= 4 is 40.3 Å². The van der Waals surface area contributed by atoms with E-state index in [1.165, 1.54) is 11.8 Å². The number of benzene rings is 2. The highest BCUT2D eigenvalue weighted by Gasteiger charge is 2.26. The number of anilines is 1. The van der Waals surface area contributed by atoms with E-state index in [0.717, 1.165) is 21.6 Å². The van der Waals surface area contributed by atoms with Gasteiger partial charge in [-0.05, 0) is 31.2 Å². The fourth-order valence-corrected chi connectivity index (χ4v) is 3.94. The Balaban J connectivity index is 1.47. The lowest BCUT2D eigenvalue weighted by molar-refractivity contribution is -0.123. The third-order valence-corrected chi connectivity index (χ3v) is 5.35. The molecule has 1 atom stereocenters. The van der Waals surface area contributed by atoms with Crippen LogP contribution in [0.2, 0.25) is 0 Å². The second kappa shape index (κ2) is 6.84. The molecule has 0 bridgehead atoms. The van der Waals surface area contributed by atoms with E-state index in [0.29, 0.717) is 11.6 Å². The molecule has 6 nitrogen and oxygen atoms in total. The molecule has 0 saturated heterocycles. The Hall–Kier alpha value is -2.80. The van der Waals surface area contributed by atoms with Gasteiger partial charge >= 0.3 is 0 Å². The molecule has 1 aliphatic heterocycles. The zero-order valence-electron chi connectivity index (χ0n) is 14.2. The van der Waals surface area contributed by atoms with Crippen molar-refractivity contribution < 1.29 is 9.59 Å². The lowest BCUT2D eigenvalue weighted by Crippen LogP contribution is -2.43. The molecule has 132 valence electrons. The third kappa shape index (κ3) is 3.17. The summed E-state index contributed by atoms with van der Waals surface area (Å²) < 4.78 is 0. The van der Waals surface area contributed by atoms with Crippen molar-refractivity contribution in [1.29, 1.82) is 0 Å². The van der Waals surface area contributed by atoms with E-state index >= 15 is 0 Å². The first kappa shape index (κ1) is 16.7. The second-order valence-electron chi connectivity index (χ2n) is 6.16. The molecule has 26 heavy (non-hydrogen) atoms. The van der Waals surface area contributed by atoms with E-state index in [2.05, 4.69) is 15.3 Å². The Kier molecular flexibility index (Phi) is 4.38. The number of nitrogens with one attached hydrogen (secondary N) is 2. The molecule has 2 heterocycles. The number of hydrogen-bond donors (Lipinski definition) is 2. The van der Waals surface area contributed by atoms with Gasteiger partial charge in [-0.3, -0.25) is 9.59 Å². The maximum Gasteiger partial charge on any atom is 0.240 e. The molecule has 3 aromatic rings. The molecule has 2 amide bonds. The first-order valence-corrected chi connectivity index (χ1v) is 9.36. The topological polar surface area (TPSA) is 78.1 Å². The van der Waals surface area contributed by atoms with Crippen LogP contribution in [0, 0.1) is 0 Å². The van der Waals surface area contributed by atoms with Crippen LogP contribution in [0.3, 0.4) is 0 Å². The summed E-state index contributed by atoms with van der Waals surface area (Å²) in [7, 11) is 0. The van der Waals surface area contributed by atoms with E-state index in [1.807, 2.05) is 55.5 Å². The van der Waals surface area contributed by atoms with Crippen molar-refractivity contribution in [2.24, 2.45) is 0 Å². The number of hydrogen-bond acceptors (Lipinski definition) is 4. The van der Waals surface area contributed by atoms with Gasteiger partial charge in [-0.2, -0.15) is 0 Å². The molecule has 2 N–H and O–H groups in total. The number of aromatic amines is 1. The molecule has 0 radical (unpaired) electrons. The first-order chi connectivity index (χ1) is 12.6. The van der Waals surface area contributed by atoms with Gasteiger partial charge in [-0.15, -0.1) is 11.8 Å². The van der Waals surface area contributed by atoms with Crippen LogP contribution in [-0.4, -0.2) is 34.1 Å². The van der Waals surface area contributed by atoms with Crippen molar-refractivity contribution in [1.82, 2.24) is 15.3 Å². The molecule has 0 spiro atoms. The SMILES string of the molecule is C[C@@H](NC(=O)CN1C(=O)CSc2ccccc21)c1nc2ccccc2[nH]1. The predicted molar refractivity (Wildman–Crippen MR) is 102 cm³/mol. The van der Waals surface area contributed by atoms with E-state index in [9.17, 15) is 9.59 Å². The number of para-hydroxylation sites is 3. The Morgan fingerprint density at radius 3 is 2.88 bits per heavy atom. The maximum absolute atomic E-state index is 12.5. The number of amides is 2. The number of imidazole rings is 1. The quantitative estimate of drug-likeness (QED) is 0.744. The molecule has 0 fully saturated rings. The minimum absolute atomic E-state index is 0.000967. The molecule has 7 heteroatoms. The van der Waals surface area contributed by atoms with Crippen molar-refractivity contribution in [3.63, 3.8) is 0 Å². The number of carbonyl (C=O) groups is 2. The summed E-state index contributed by atoms with van der Waals surface area (Å²) in [5.41, 5.74) is 2.59. The Morgan fingerprint density at radius 2 is 2.04 bits per heavy atom. The number of nitrogens with zero attached hydrogens (tertiary/aromatic N) is 2. The summed E-state index contributed by atoms with van der Waals surface area (Å²) in [5.74, 6) is 0.775. The first-order valence-electron chi connectivity index (χ1n) is 8.38. The van der Waals surface area contributed by atoms with Crippen LogP contribution >= 0.6 is 11.8 Å². The largest absolute Gasteiger partial charge is 0.345 e. The van der Waals surface area contributed by atoms with Gasteiger partial charge in [0.2, 0.25) is 11.8 Å². The fourth-order valence-electron chi connectivity index (χ4n) is 3.00. The van der Waals surface area contributed by atoms with Crippen molar-refractivity contribution in [2.45, 2.75) is 17.9 Å². The summed E-state index contributed by atoms with van der Waals surface area (Å²) in [5, 5.41) is 2.92. The molecule has 0 saturated carbocycles. The van der Waals surface area contributed by atoms with Crippen LogP contribution in [0.1, 0.15) is 18.8 Å². The minimum atomic E-state index is -0.278. The maximum atomic E-state index is 12.5. The number of H-pyrrole nitrogens is 1. The zero-order chi connectivity index (χ0) is 18.1. The smallest absolute Gasteiger partial charge is 0.240 e. The van der Waals surface area contributed by atoms with Crippen LogP contribution in [0.15, 0.2) is 53.4 Å². The molecule has 0 unspecified atom stereocenters. The average Bonchev–Trinajstić information content (AvgIpc) is 3.08. The number of carbonyl (C=O) groups excluding carboxylic acids is 2. The van der Waals surface area contributed by atoms with E-state index in [-0.39, 0.29) is 24.4 Å². The Morgan fingerprint density at radius 1 is 1.27 bits per heavy atom. The van der Waals surface area contributed by atoms with Gasteiger partial charge in [0.05, 0.1) is 28.5 Å². The van der Waals surface area contributed by atoms with Gasteiger partial charge < -0.3 is 15.2 Å². The third-order valence-electron chi connectivity index (χ3n) is 4.31. The van der Waals surface area contributed by atoms with Crippen molar-refractivity contribution in [3.05, 3.63) is 54.4 Å². The highest BCUT2D eigenvalue weighted by Crippen LogP contribution is 2.34. The van der Waals surface area contributed by atoms with Gasteiger partial charge in [0, 0.05) is 4.90 Å². The number of fused-ring (bicyclic) bond motifs is 2. The van der Waals surface area contributed by atoms with E-state index in [4.69, 9.17) is 0 Å². The van der Waals surface area contributed by atoms with Crippen molar-refractivity contribution in [3.8, 4) is 0 Å². The second-order valence-corrected chi connectivity index (χ2v) is 7.18. The highest BCUT2D eigenvalue weighted by atomic mass is 32.2. The van der Waals surface area contributed by atoms with E-state index < -0.39 is 0 Å². The molecule has 0 aliphatic carbocycles. The molecular weight excluding hydrogens is 348 g/mol. The van der Waals surface area contributed by atoms with Crippen molar-refractivity contribution in [2.75, 3.05) is 17.2 Å². The molecular formula is C19H18N4O2S. The number of aromatic nitrogens is 2. The molecule has 4 rings (SSSR count). The number of thioether (sulfide) groups is 1. The lowest BCUT2D eigenvalue weighted by Gasteiger charge is -2.28. The molecule has 2 aromatic carbocycles. The summed E-state index contributed by atoms with van der Waals surface area (Å²) >= 11 is 1.50. The van der Waals surface area contributed by atoms with Gasteiger partial charge in [-0.1, -0.05) is 24.3 Å². The summed E-state index contributed by atoms with van der Waals surface area (Å²) in [6, 6.07) is 15.1. The normalized spacial score (nSPS) is 15.0. The van der Waals surface area contributed by atoms with E-state index in [1.54, 1.807) is 4.90 Å². The van der Waals surface area contributed by atoms with Crippen LogP contribution in [0.5, 0.6) is 0 Å². The average molecular weight is 366 g/mol. The van der Waals surface area contributed by atoms with Gasteiger partial charge in [-0.25, -0.2) is 4.98 Å². The summed E-state index contributed by atoms with van der Waals surface area (Å²) in [6.07, 6.45) is 0. The summed E-state index contributed by atoms with van der Waals surface area (Å²) in [6.45, 7) is 1.87. The summed E-state index contributed by atoms with van der Waals surface area (Å²) in [4.78, 5) is 35.1. The van der Waals surface area contributed by atoms with Crippen LogP contribution in [0.25, 0.3) is 11.0 Å². The van der Waals surface area contributed by atoms with Crippen LogP contribution in [0.4, 0.5) is 5.69 Å². The van der Waals surface area contributed by atoms with Gasteiger partial charge in [0.1, 0.15) is 12.4 Å².